The standard InChI is InChI=1S/C10H11ClO5/c1-15-7-4-8(16-2)6(11)3-5(7)9(12)10(13)14/h3-4,9,12H,1-2H3,(H,13,14). The SMILES string of the molecule is COc1cc(OC)c(C(O)C(=O)O)cc1Cl. The van der Waals surface area contributed by atoms with Crippen LogP contribution in [0.4, 0.5) is 0 Å². The number of carboxylic acids is 1. The molecule has 2 N–H and O–H groups in total. The van der Waals surface area contributed by atoms with Crippen LogP contribution < -0.4 is 9.47 Å². The first kappa shape index (κ1) is 12.6. The van der Waals surface area contributed by atoms with Crippen molar-refractivity contribution in [2.24, 2.45) is 0 Å². The molecule has 5 nitrogen and oxygen atoms in total. The number of hydrogen-bond donors (Lipinski definition) is 2. The minimum atomic E-state index is -1.68. The lowest BCUT2D eigenvalue weighted by atomic mass is 10.1. The molecule has 0 bridgehead atoms. The Kier molecular flexibility index (Phi) is 3.98. The van der Waals surface area contributed by atoms with Gasteiger partial charge in [0.1, 0.15) is 11.5 Å². The van der Waals surface area contributed by atoms with Crippen molar-refractivity contribution >= 4 is 17.6 Å². The van der Waals surface area contributed by atoms with Gasteiger partial charge in [0, 0.05) is 11.6 Å². The number of carboxylic acid groups (broad SMARTS) is 1. The van der Waals surface area contributed by atoms with Gasteiger partial charge in [-0.25, -0.2) is 4.79 Å². The summed E-state index contributed by atoms with van der Waals surface area (Å²) >= 11 is 5.82. The van der Waals surface area contributed by atoms with E-state index in [0.717, 1.165) is 0 Å². The summed E-state index contributed by atoms with van der Waals surface area (Å²) in [6.07, 6.45) is -1.68. The van der Waals surface area contributed by atoms with Crippen molar-refractivity contribution in [3.8, 4) is 11.5 Å². The van der Waals surface area contributed by atoms with Crippen LogP contribution in [0.3, 0.4) is 0 Å². The van der Waals surface area contributed by atoms with Crippen LogP contribution in [-0.2, 0) is 4.79 Å². The molecule has 1 atom stereocenters. The fourth-order valence-electron chi connectivity index (χ4n) is 1.23. The predicted molar refractivity (Wildman–Crippen MR) is 57.2 cm³/mol. The Labute approximate surface area is 97.2 Å². The quantitative estimate of drug-likeness (QED) is 0.842. The summed E-state index contributed by atoms with van der Waals surface area (Å²) in [6, 6.07) is 2.72. The zero-order valence-corrected chi connectivity index (χ0v) is 9.49. The summed E-state index contributed by atoms with van der Waals surface area (Å²) in [5.41, 5.74) is 0.0841. The number of halogens is 1. The van der Waals surface area contributed by atoms with Gasteiger partial charge in [-0.3, -0.25) is 0 Å². The summed E-state index contributed by atoms with van der Waals surface area (Å²) in [7, 11) is 2.79. The molecule has 1 rings (SSSR count). The number of carbonyl (C=O) groups is 1. The average Bonchev–Trinajstić information content (AvgIpc) is 2.27. The van der Waals surface area contributed by atoms with Gasteiger partial charge in [-0.2, -0.15) is 0 Å². The van der Waals surface area contributed by atoms with E-state index in [-0.39, 0.29) is 16.3 Å². The number of aliphatic carboxylic acids is 1. The Morgan fingerprint density at radius 3 is 2.31 bits per heavy atom. The van der Waals surface area contributed by atoms with Crippen LogP contribution in [-0.4, -0.2) is 30.4 Å². The van der Waals surface area contributed by atoms with E-state index in [1.165, 1.54) is 26.4 Å². The van der Waals surface area contributed by atoms with E-state index in [2.05, 4.69) is 0 Å². The molecule has 0 amide bonds. The van der Waals surface area contributed by atoms with Crippen LogP contribution in [0, 0.1) is 0 Å². The van der Waals surface area contributed by atoms with E-state index in [0.29, 0.717) is 5.75 Å². The molecule has 88 valence electrons. The Balaban J connectivity index is 3.28. The highest BCUT2D eigenvalue weighted by atomic mass is 35.5. The molecule has 1 aromatic rings. The first-order valence-corrected chi connectivity index (χ1v) is 4.71. The minimum absolute atomic E-state index is 0.0841. The maximum absolute atomic E-state index is 10.7. The number of aliphatic hydroxyl groups excluding tert-OH is 1. The molecule has 16 heavy (non-hydrogen) atoms. The molecule has 0 saturated heterocycles. The smallest absolute Gasteiger partial charge is 0.337 e. The zero-order valence-electron chi connectivity index (χ0n) is 8.73. The second kappa shape index (κ2) is 5.05. The lowest BCUT2D eigenvalue weighted by Gasteiger charge is -2.13. The van der Waals surface area contributed by atoms with Crippen LogP contribution in [0.2, 0.25) is 5.02 Å². The molecule has 0 spiro atoms. The van der Waals surface area contributed by atoms with Gasteiger partial charge in [0.05, 0.1) is 19.2 Å². The third-order valence-electron chi connectivity index (χ3n) is 2.03. The minimum Gasteiger partial charge on any atom is -0.496 e. The van der Waals surface area contributed by atoms with E-state index in [1.807, 2.05) is 0 Å². The largest absolute Gasteiger partial charge is 0.496 e. The summed E-state index contributed by atoms with van der Waals surface area (Å²) in [5, 5.41) is 18.3. The van der Waals surface area contributed by atoms with Crippen LogP contribution in [0.15, 0.2) is 12.1 Å². The van der Waals surface area contributed by atoms with Gasteiger partial charge < -0.3 is 19.7 Å². The molecule has 0 fully saturated rings. The third kappa shape index (κ3) is 2.37. The van der Waals surface area contributed by atoms with Gasteiger partial charge in [-0.05, 0) is 6.07 Å². The highest BCUT2D eigenvalue weighted by molar-refractivity contribution is 6.32. The van der Waals surface area contributed by atoms with Gasteiger partial charge in [-0.15, -0.1) is 0 Å². The first-order chi connectivity index (χ1) is 7.51. The van der Waals surface area contributed by atoms with Crippen molar-refractivity contribution in [1.82, 2.24) is 0 Å². The van der Waals surface area contributed by atoms with E-state index >= 15 is 0 Å². The topological polar surface area (TPSA) is 76.0 Å². The number of benzene rings is 1. The molecule has 6 heteroatoms. The summed E-state index contributed by atoms with van der Waals surface area (Å²) in [4.78, 5) is 10.7. The van der Waals surface area contributed by atoms with Gasteiger partial charge in [0.15, 0.2) is 6.10 Å². The summed E-state index contributed by atoms with van der Waals surface area (Å²) in [5.74, 6) is -0.824. The number of methoxy groups -OCH3 is 2. The highest BCUT2D eigenvalue weighted by Gasteiger charge is 2.22. The van der Waals surface area contributed by atoms with Crippen molar-refractivity contribution in [2.75, 3.05) is 14.2 Å². The molecule has 0 heterocycles. The molecule has 0 aliphatic rings. The lowest BCUT2D eigenvalue weighted by molar-refractivity contribution is -0.147. The highest BCUT2D eigenvalue weighted by Crippen LogP contribution is 2.35. The van der Waals surface area contributed by atoms with E-state index in [4.69, 9.17) is 26.2 Å². The lowest BCUT2D eigenvalue weighted by Crippen LogP contribution is -2.11. The van der Waals surface area contributed by atoms with Crippen LogP contribution in [0.1, 0.15) is 11.7 Å². The average molecular weight is 247 g/mol. The number of hydrogen-bond acceptors (Lipinski definition) is 4. The van der Waals surface area contributed by atoms with E-state index in [9.17, 15) is 9.90 Å². The number of ether oxygens (including phenoxy) is 2. The predicted octanol–water partition coefficient (Wildman–Crippen LogP) is 1.48. The Morgan fingerprint density at radius 2 is 1.88 bits per heavy atom. The van der Waals surface area contributed by atoms with Gasteiger partial charge >= 0.3 is 5.97 Å². The van der Waals surface area contributed by atoms with Crippen LogP contribution >= 0.6 is 11.6 Å². The van der Waals surface area contributed by atoms with Crippen molar-refractivity contribution in [3.63, 3.8) is 0 Å². The second-order valence-electron chi connectivity index (χ2n) is 2.97. The molecule has 0 aromatic heterocycles. The van der Waals surface area contributed by atoms with Crippen molar-refractivity contribution in [3.05, 3.63) is 22.7 Å². The Morgan fingerprint density at radius 1 is 1.31 bits per heavy atom. The second-order valence-corrected chi connectivity index (χ2v) is 3.38. The maximum Gasteiger partial charge on any atom is 0.337 e. The molecule has 0 aliphatic carbocycles. The monoisotopic (exact) mass is 246 g/mol. The van der Waals surface area contributed by atoms with Crippen LogP contribution in [0.25, 0.3) is 0 Å². The molecule has 0 saturated carbocycles. The fourth-order valence-corrected chi connectivity index (χ4v) is 1.48. The van der Waals surface area contributed by atoms with E-state index < -0.39 is 12.1 Å². The third-order valence-corrected chi connectivity index (χ3v) is 2.33. The van der Waals surface area contributed by atoms with Gasteiger partial charge in [0.2, 0.25) is 0 Å². The Bertz CT molecular complexity index is 404. The van der Waals surface area contributed by atoms with Crippen molar-refractivity contribution < 1.29 is 24.5 Å². The molecule has 0 aliphatic heterocycles. The first-order valence-electron chi connectivity index (χ1n) is 4.33. The molecular weight excluding hydrogens is 236 g/mol. The number of rotatable bonds is 4. The van der Waals surface area contributed by atoms with Gasteiger partial charge in [-0.1, -0.05) is 11.6 Å². The fraction of sp³-hybridized carbons (Fsp3) is 0.300. The Hall–Kier alpha value is -1.46. The zero-order chi connectivity index (χ0) is 12.3. The van der Waals surface area contributed by atoms with Crippen LogP contribution in [0.5, 0.6) is 11.5 Å². The number of aliphatic hydroxyl groups is 1. The molecule has 1 aromatic carbocycles. The van der Waals surface area contributed by atoms with Gasteiger partial charge in [0.25, 0.3) is 0 Å². The summed E-state index contributed by atoms with van der Waals surface area (Å²) < 4.78 is 9.89. The molecule has 1 unspecified atom stereocenters. The van der Waals surface area contributed by atoms with Crippen molar-refractivity contribution in [1.29, 1.82) is 0 Å². The molecular formula is C10H11ClO5. The summed E-state index contributed by atoms with van der Waals surface area (Å²) in [6.45, 7) is 0. The van der Waals surface area contributed by atoms with Crippen molar-refractivity contribution in [2.45, 2.75) is 6.10 Å². The molecule has 0 radical (unpaired) electrons. The maximum atomic E-state index is 10.7. The van der Waals surface area contributed by atoms with E-state index in [1.54, 1.807) is 0 Å². The normalized spacial score (nSPS) is 12.0.